The average Bonchev–Trinajstić information content (AvgIpc) is 2.30. The van der Waals surface area contributed by atoms with E-state index in [0.29, 0.717) is 12.5 Å². The van der Waals surface area contributed by atoms with E-state index in [1.165, 1.54) is 32.1 Å². The van der Waals surface area contributed by atoms with Gasteiger partial charge in [-0.1, -0.05) is 19.3 Å². The summed E-state index contributed by atoms with van der Waals surface area (Å²) >= 11 is 0. The Balaban J connectivity index is 2.46. The Hall–Kier alpha value is -0.590. The molecule has 1 aliphatic carbocycles. The van der Waals surface area contributed by atoms with Crippen LogP contribution in [0.1, 0.15) is 39.0 Å². The van der Waals surface area contributed by atoms with Gasteiger partial charge in [0.25, 0.3) is 0 Å². The summed E-state index contributed by atoms with van der Waals surface area (Å²) in [4.78, 5) is 0. The quantitative estimate of drug-likeness (QED) is 0.707. The highest BCUT2D eigenvalue weighted by Gasteiger charge is 2.34. The highest BCUT2D eigenvalue weighted by Crippen LogP contribution is 2.32. The second-order valence-electron chi connectivity index (χ2n) is 4.57. The van der Waals surface area contributed by atoms with Gasteiger partial charge < -0.3 is 4.74 Å². The van der Waals surface area contributed by atoms with E-state index in [0.717, 1.165) is 6.54 Å². The Morgan fingerprint density at radius 3 is 2.60 bits per heavy atom. The van der Waals surface area contributed by atoms with E-state index in [4.69, 9.17) is 4.74 Å². The molecule has 1 aliphatic rings. The Morgan fingerprint density at radius 1 is 1.40 bits per heavy atom. The molecule has 0 amide bonds. The summed E-state index contributed by atoms with van der Waals surface area (Å²) in [6.45, 7) is 3.46. The first-order valence-corrected chi connectivity index (χ1v) is 5.88. The molecule has 1 rings (SSSR count). The molecule has 0 aromatic heterocycles. The molecule has 1 saturated carbocycles. The topological polar surface area (TPSA) is 45.0 Å². The predicted molar refractivity (Wildman–Crippen MR) is 60.5 cm³/mol. The SMILES string of the molecule is COCCNC(C)(C#N)C1CCCCC1. The van der Waals surface area contributed by atoms with E-state index in [9.17, 15) is 5.26 Å². The lowest BCUT2D eigenvalue weighted by Crippen LogP contribution is -2.49. The third-order valence-corrected chi connectivity index (χ3v) is 3.45. The summed E-state index contributed by atoms with van der Waals surface area (Å²) in [5, 5.41) is 12.6. The van der Waals surface area contributed by atoms with E-state index in [1.807, 2.05) is 6.92 Å². The molecular weight excluding hydrogens is 188 g/mol. The van der Waals surface area contributed by atoms with E-state index in [2.05, 4.69) is 11.4 Å². The third-order valence-electron chi connectivity index (χ3n) is 3.45. The van der Waals surface area contributed by atoms with Crippen LogP contribution in [0.4, 0.5) is 0 Å². The van der Waals surface area contributed by atoms with Crippen LogP contribution < -0.4 is 5.32 Å². The molecule has 3 heteroatoms. The largest absolute Gasteiger partial charge is 0.383 e. The maximum absolute atomic E-state index is 9.28. The van der Waals surface area contributed by atoms with Crippen LogP contribution in [0.2, 0.25) is 0 Å². The van der Waals surface area contributed by atoms with Crippen LogP contribution in [-0.2, 0) is 4.74 Å². The molecule has 0 aromatic rings. The van der Waals surface area contributed by atoms with Gasteiger partial charge in [-0.05, 0) is 25.7 Å². The molecule has 0 aliphatic heterocycles. The van der Waals surface area contributed by atoms with Crippen molar-refractivity contribution in [3.05, 3.63) is 0 Å². The summed E-state index contributed by atoms with van der Waals surface area (Å²) in [5.74, 6) is 0.508. The minimum Gasteiger partial charge on any atom is -0.383 e. The number of nitrogens with one attached hydrogen (secondary N) is 1. The third kappa shape index (κ3) is 3.48. The molecule has 0 radical (unpaired) electrons. The first-order chi connectivity index (χ1) is 7.23. The average molecular weight is 210 g/mol. The zero-order valence-electron chi connectivity index (χ0n) is 9.88. The second kappa shape index (κ2) is 6.09. The second-order valence-corrected chi connectivity index (χ2v) is 4.57. The van der Waals surface area contributed by atoms with Crippen LogP contribution in [0.3, 0.4) is 0 Å². The van der Waals surface area contributed by atoms with Gasteiger partial charge in [0.2, 0.25) is 0 Å². The Labute approximate surface area is 92.8 Å². The first kappa shape index (κ1) is 12.5. The van der Waals surface area contributed by atoms with Gasteiger partial charge in [-0.3, -0.25) is 5.32 Å². The molecule has 0 aromatic carbocycles. The Kier molecular flexibility index (Phi) is 5.07. The Morgan fingerprint density at radius 2 is 2.07 bits per heavy atom. The molecule has 86 valence electrons. The summed E-state index contributed by atoms with van der Waals surface area (Å²) in [5.41, 5.74) is -0.362. The van der Waals surface area contributed by atoms with Gasteiger partial charge in [-0.25, -0.2) is 0 Å². The number of hydrogen-bond acceptors (Lipinski definition) is 3. The van der Waals surface area contributed by atoms with Crippen molar-refractivity contribution >= 4 is 0 Å². The summed E-state index contributed by atoms with van der Waals surface area (Å²) in [6, 6.07) is 2.44. The van der Waals surface area contributed by atoms with Crippen LogP contribution in [0, 0.1) is 17.2 Å². The highest BCUT2D eigenvalue weighted by atomic mass is 16.5. The molecule has 1 N–H and O–H groups in total. The maximum atomic E-state index is 9.28. The molecular formula is C12H22N2O. The fourth-order valence-corrected chi connectivity index (χ4v) is 2.37. The summed E-state index contributed by atoms with van der Waals surface area (Å²) < 4.78 is 5.00. The maximum Gasteiger partial charge on any atom is 0.106 e. The molecule has 0 saturated heterocycles. The molecule has 0 spiro atoms. The van der Waals surface area contributed by atoms with Crippen molar-refractivity contribution in [1.29, 1.82) is 5.26 Å². The van der Waals surface area contributed by atoms with E-state index in [1.54, 1.807) is 7.11 Å². The lowest BCUT2D eigenvalue weighted by atomic mass is 9.76. The zero-order valence-corrected chi connectivity index (χ0v) is 9.88. The molecule has 1 unspecified atom stereocenters. The van der Waals surface area contributed by atoms with Crippen molar-refractivity contribution < 1.29 is 4.74 Å². The van der Waals surface area contributed by atoms with Gasteiger partial charge >= 0.3 is 0 Å². The van der Waals surface area contributed by atoms with Gasteiger partial charge in [0, 0.05) is 13.7 Å². The normalized spacial score (nSPS) is 21.9. The van der Waals surface area contributed by atoms with Crippen LogP contribution in [0.5, 0.6) is 0 Å². The van der Waals surface area contributed by atoms with Crippen LogP contribution in [0.25, 0.3) is 0 Å². The van der Waals surface area contributed by atoms with Crippen molar-refractivity contribution in [1.82, 2.24) is 5.32 Å². The van der Waals surface area contributed by atoms with Crippen LogP contribution >= 0.6 is 0 Å². The van der Waals surface area contributed by atoms with E-state index < -0.39 is 0 Å². The highest BCUT2D eigenvalue weighted by molar-refractivity contribution is 5.08. The molecule has 0 bridgehead atoms. The number of methoxy groups -OCH3 is 1. The standard InChI is InChI=1S/C12H22N2O/c1-12(10-13,14-8-9-15-2)11-6-4-3-5-7-11/h11,14H,3-9H2,1-2H3. The lowest BCUT2D eigenvalue weighted by molar-refractivity contribution is 0.171. The van der Waals surface area contributed by atoms with Crippen LogP contribution in [-0.4, -0.2) is 25.8 Å². The number of ether oxygens (including phenoxy) is 1. The van der Waals surface area contributed by atoms with Gasteiger partial charge in [-0.15, -0.1) is 0 Å². The van der Waals surface area contributed by atoms with E-state index in [-0.39, 0.29) is 5.54 Å². The molecule has 15 heavy (non-hydrogen) atoms. The number of nitriles is 1. The minimum absolute atomic E-state index is 0.362. The summed E-state index contributed by atoms with van der Waals surface area (Å²) in [6.07, 6.45) is 6.24. The summed E-state index contributed by atoms with van der Waals surface area (Å²) in [7, 11) is 1.69. The lowest BCUT2D eigenvalue weighted by Gasteiger charge is -2.35. The van der Waals surface area contributed by atoms with Crippen molar-refractivity contribution in [3.8, 4) is 6.07 Å². The van der Waals surface area contributed by atoms with Crippen molar-refractivity contribution in [2.75, 3.05) is 20.3 Å². The Bertz CT molecular complexity index is 218. The molecule has 1 fully saturated rings. The van der Waals surface area contributed by atoms with Gasteiger partial charge in [-0.2, -0.15) is 5.26 Å². The van der Waals surface area contributed by atoms with Crippen LogP contribution in [0.15, 0.2) is 0 Å². The predicted octanol–water partition coefficient (Wildman–Crippen LogP) is 2.08. The van der Waals surface area contributed by atoms with Gasteiger partial charge in [0.15, 0.2) is 0 Å². The fraction of sp³-hybridized carbons (Fsp3) is 0.917. The molecule has 0 heterocycles. The van der Waals surface area contributed by atoms with Crippen molar-refractivity contribution in [3.63, 3.8) is 0 Å². The van der Waals surface area contributed by atoms with Crippen molar-refractivity contribution in [2.45, 2.75) is 44.6 Å². The molecule has 3 nitrogen and oxygen atoms in total. The fourth-order valence-electron chi connectivity index (χ4n) is 2.37. The minimum atomic E-state index is -0.362. The van der Waals surface area contributed by atoms with Crippen molar-refractivity contribution in [2.24, 2.45) is 5.92 Å². The van der Waals surface area contributed by atoms with E-state index >= 15 is 0 Å². The van der Waals surface area contributed by atoms with Gasteiger partial charge in [0.05, 0.1) is 12.7 Å². The number of hydrogen-bond donors (Lipinski definition) is 1. The zero-order chi connectivity index (χ0) is 11.1. The number of rotatable bonds is 5. The first-order valence-electron chi connectivity index (χ1n) is 5.88. The number of nitrogens with zero attached hydrogens (tertiary/aromatic N) is 1. The molecule has 1 atom stereocenters. The monoisotopic (exact) mass is 210 g/mol. The smallest absolute Gasteiger partial charge is 0.106 e. The van der Waals surface area contributed by atoms with Gasteiger partial charge in [0.1, 0.15) is 5.54 Å².